The maximum atomic E-state index is 11.9. The molecule has 23 heavy (non-hydrogen) atoms. The minimum atomic E-state index is -2.96. The van der Waals surface area contributed by atoms with E-state index < -0.39 is 9.84 Å². The monoisotopic (exact) mass is 342 g/mol. The summed E-state index contributed by atoms with van der Waals surface area (Å²) in [5.74, 6) is 0.367. The van der Waals surface area contributed by atoms with Crippen molar-refractivity contribution in [2.45, 2.75) is 90.9 Å². The Morgan fingerprint density at radius 3 is 1.35 bits per heavy atom. The van der Waals surface area contributed by atoms with Gasteiger partial charge in [-0.25, -0.2) is 8.42 Å². The van der Waals surface area contributed by atoms with E-state index in [1.807, 2.05) is 24.3 Å². The van der Waals surface area contributed by atoms with Gasteiger partial charge in [-0.05, 0) is 25.7 Å². The molecule has 0 saturated heterocycles. The molecular weight excluding hydrogens is 304 g/mol. The van der Waals surface area contributed by atoms with Crippen LogP contribution in [0, 0.1) is 0 Å². The molecule has 0 heterocycles. The van der Waals surface area contributed by atoms with Crippen LogP contribution in [0.2, 0.25) is 0 Å². The van der Waals surface area contributed by atoms with Crippen LogP contribution in [0.5, 0.6) is 0 Å². The van der Waals surface area contributed by atoms with Gasteiger partial charge in [0.2, 0.25) is 0 Å². The second-order valence-corrected chi connectivity index (χ2v) is 8.58. The summed E-state index contributed by atoms with van der Waals surface area (Å²) in [4.78, 5) is 0. The highest BCUT2D eigenvalue weighted by Crippen LogP contribution is 2.07. The van der Waals surface area contributed by atoms with Crippen molar-refractivity contribution >= 4 is 9.84 Å². The molecule has 0 aromatic heterocycles. The summed E-state index contributed by atoms with van der Waals surface area (Å²) in [6, 6.07) is 0. The lowest BCUT2D eigenvalue weighted by Gasteiger charge is -1.98. The third-order valence-corrected chi connectivity index (χ3v) is 5.38. The Morgan fingerprint density at radius 2 is 0.957 bits per heavy atom. The molecule has 0 aliphatic carbocycles. The van der Waals surface area contributed by atoms with Crippen LogP contribution in [0.25, 0.3) is 0 Å². The van der Waals surface area contributed by atoms with Gasteiger partial charge >= 0.3 is 0 Å². The molecule has 0 unspecified atom stereocenters. The number of hydrogen-bond donors (Lipinski definition) is 0. The first-order valence-corrected chi connectivity index (χ1v) is 11.4. The SMILES string of the molecule is CCCCCCCC=CCS(=O)(=O)CC=CCCCCCCC. The molecule has 0 aromatic carbocycles. The van der Waals surface area contributed by atoms with Crippen LogP contribution in [0.4, 0.5) is 0 Å². The fourth-order valence-corrected chi connectivity index (χ4v) is 3.46. The number of rotatable bonds is 16. The predicted molar refractivity (Wildman–Crippen MR) is 104 cm³/mol. The zero-order chi connectivity index (χ0) is 17.2. The Bertz CT molecular complexity index is 362. The molecule has 0 rings (SSSR count). The molecule has 2 nitrogen and oxygen atoms in total. The maximum Gasteiger partial charge on any atom is 0.157 e. The van der Waals surface area contributed by atoms with Crippen LogP contribution in [0.1, 0.15) is 90.9 Å². The van der Waals surface area contributed by atoms with E-state index in [1.165, 1.54) is 64.2 Å². The van der Waals surface area contributed by atoms with E-state index in [0.29, 0.717) is 0 Å². The van der Waals surface area contributed by atoms with Crippen LogP contribution in [-0.4, -0.2) is 19.9 Å². The van der Waals surface area contributed by atoms with Gasteiger partial charge in [-0.3, -0.25) is 0 Å². The molecule has 0 aliphatic heterocycles. The van der Waals surface area contributed by atoms with Gasteiger partial charge < -0.3 is 0 Å². The van der Waals surface area contributed by atoms with Gasteiger partial charge in [0, 0.05) is 0 Å². The lowest BCUT2D eigenvalue weighted by molar-refractivity contribution is 0.601. The van der Waals surface area contributed by atoms with Crippen LogP contribution in [-0.2, 0) is 9.84 Å². The van der Waals surface area contributed by atoms with Gasteiger partial charge in [-0.2, -0.15) is 0 Å². The highest BCUT2D eigenvalue weighted by Gasteiger charge is 2.04. The topological polar surface area (TPSA) is 34.1 Å². The summed E-state index contributed by atoms with van der Waals surface area (Å²) in [7, 11) is -2.96. The van der Waals surface area contributed by atoms with Gasteiger partial charge in [0.15, 0.2) is 9.84 Å². The van der Waals surface area contributed by atoms with Crippen LogP contribution in [0.15, 0.2) is 24.3 Å². The standard InChI is InChI=1S/C20H38O2S/c1-3-5-7-9-11-13-15-17-19-23(21,22)20-18-16-14-12-10-8-6-4-2/h15-18H,3-14,19-20H2,1-2H3. The fraction of sp³-hybridized carbons (Fsp3) is 0.800. The minimum absolute atomic E-state index is 0.183. The van der Waals surface area contributed by atoms with E-state index in [1.54, 1.807) is 0 Å². The van der Waals surface area contributed by atoms with Crippen molar-refractivity contribution < 1.29 is 8.42 Å². The summed E-state index contributed by atoms with van der Waals surface area (Å²) in [5.41, 5.74) is 0. The Labute approximate surface area is 145 Å². The molecule has 0 radical (unpaired) electrons. The van der Waals surface area contributed by atoms with Crippen molar-refractivity contribution in [2.75, 3.05) is 11.5 Å². The van der Waals surface area contributed by atoms with Crippen LogP contribution < -0.4 is 0 Å². The molecule has 0 fully saturated rings. The lowest BCUT2D eigenvalue weighted by Crippen LogP contribution is -2.07. The van der Waals surface area contributed by atoms with Crippen molar-refractivity contribution in [1.82, 2.24) is 0 Å². The van der Waals surface area contributed by atoms with E-state index in [0.717, 1.165) is 12.8 Å². The molecule has 0 spiro atoms. The molecule has 0 saturated carbocycles. The van der Waals surface area contributed by atoms with E-state index in [4.69, 9.17) is 0 Å². The van der Waals surface area contributed by atoms with Gasteiger partial charge in [0.1, 0.15) is 0 Å². The molecule has 0 bridgehead atoms. The molecule has 3 heteroatoms. The number of hydrogen-bond acceptors (Lipinski definition) is 2. The van der Waals surface area contributed by atoms with Crippen LogP contribution in [0.3, 0.4) is 0 Å². The third-order valence-electron chi connectivity index (χ3n) is 3.98. The summed E-state index contributed by atoms with van der Waals surface area (Å²) >= 11 is 0. The molecule has 0 amide bonds. The van der Waals surface area contributed by atoms with Gasteiger partial charge in [-0.1, -0.05) is 89.5 Å². The molecular formula is C20H38O2S. The van der Waals surface area contributed by atoms with E-state index in [-0.39, 0.29) is 11.5 Å². The Kier molecular flexibility index (Phi) is 15.9. The molecule has 0 aliphatic rings. The first-order chi connectivity index (χ1) is 11.1. The molecule has 0 aromatic rings. The van der Waals surface area contributed by atoms with Crippen molar-refractivity contribution in [1.29, 1.82) is 0 Å². The predicted octanol–water partition coefficient (Wildman–Crippen LogP) is 6.23. The highest BCUT2D eigenvalue weighted by atomic mass is 32.2. The van der Waals surface area contributed by atoms with E-state index in [9.17, 15) is 8.42 Å². The average molecular weight is 343 g/mol. The lowest BCUT2D eigenvalue weighted by atomic mass is 10.1. The number of unbranched alkanes of at least 4 members (excludes halogenated alkanes) is 10. The fourth-order valence-electron chi connectivity index (χ4n) is 2.46. The molecule has 136 valence electrons. The summed E-state index contributed by atoms with van der Waals surface area (Å²) in [6.07, 6.45) is 22.3. The van der Waals surface area contributed by atoms with E-state index in [2.05, 4.69) is 13.8 Å². The Hall–Kier alpha value is -0.570. The first kappa shape index (κ1) is 22.4. The molecule has 0 atom stereocenters. The van der Waals surface area contributed by atoms with Crippen molar-refractivity contribution in [2.24, 2.45) is 0 Å². The first-order valence-electron chi connectivity index (χ1n) is 9.62. The quantitative estimate of drug-likeness (QED) is 0.246. The maximum absolute atomic E-state index is 11.9. The van der Waals surface area contributed by atoms with Crippen molar-refractivity contribution in [3.05, 3.63) is 24.3 Å². The smallest absolute Gasteiger partial charge is 0.157 e. The average Bonchev–Trinajstić information content (AvgIpc) is 2.52. The Balaban J connectivity index is 3.63. The summed E-state index contributed by atoms with van der Waals surface area (Å²) in [6.45, 7) is 4.43. The van der Waals surface area contributed by atoms with Gasteiger partial charge in [-0.15, -0.1) is 0 Å². The van der Waals surface area contributed by atoms with Crippen molar-refractivity contribution in [3.63, 3.8) is 0 Å². The van der Waals surface area contributed by atoms with Gasteiger partial charge in [0.05, 0.1) is 11.5 Å². The summed E-state index contributed by atoms with van der Waals surface area (Å²) in [5, 5.41) is 0. The normalized spacial score (nSPS) is 12.6. The van der Waals surface area contributed by atoms with Gasteiger partial charge in [0.25, 0.3) is 0 Å². The zero-order valence-corrected chi connectivity index (χ0v) is 16.3. The largest absolute Gasteiger partial charge is 0.228 e. The number of sulfone groups is 1. The van der Waals surface area contributed by atoms with E-state index >= 15 is 0 Å². The highest BCUT2D eigenvalue weighted by molar-refractivity contribution is 7.91. The third kappa shape index (κ3) is 17.6. The second-order valence-electron chi connectivity index (χ2n) is 6.43. The molecule has 0 N–H and O–H groups in total. The number of allylic oxidation sites excluding steroid dienone is 2. The Morgan fingerprint density at radius 1 is 0.565 bits per heavy atom. The minimum Gasteiger partial charge on any atom is -0.228 e. The second kappa shape index (κ2) is 16.3. The van der Waals surface area contributed by atoms with Crippen molar-refractivity contribution in [3.8, 4) is 0 Å². The summed E-state index contributed by atoms with van der Waals surface area (Å²) < 4.78 is 23.8. The zero-order valence-electron chi connectivity index (χ0n) is 15.4. The van der Waals surface area contributed by atoms with Crippen LogP contribution >= 0.6 is 0 Å².